The molecule has 8 heteroatoms. The fraction of sp³-hybridized carbons (Fsp3) is 0.241. The van der Waals surface area contributed by atoms with E-state index in [0.717, 1.165) is 46.9 Å². The molecule has 0 aliphatic carbocycles. The Hall–Kier alpha value is -4.14. The van der Waals surface area contributed by atoms with Crippen LogP contribution in [0.3, 0.4) is 0 Å². The summed E-state index contributed by atoms with van der Waals surface area (Å²) < 4.78 is 5.53. The van der Waals surface area contributed by atoms with Gasteiger partial charge in [-0.1, -0.05) is 30.3 Å². The molecule has 1 aliphatic rings. The minimum Gasteiger partial charge on any atom is -0.392 e. The first-order valence-electron chi connectivity index (χ1n) is 12.3. The molecule has 1 aliphatic heterocycles. The molecule has 1 saturated heterocycles. The van der Waals surface area contributed by atoms with Gasteiger partial charge in [0.15, 0.2) is 5.82 Å². The van der Waals surface area contributed by atoms with Crippen LogP contribution < -0.4 is 4.90 Å². The molecule has 2 aromatic carbocycles. The predicted molar refractivity (Wildman–Crippen MR) is 142 cm³/mol. The fourth-order valence-electron chi connectivity index (χ4n) is 4.34. The highest BCUT2D eigenvalue weighted by Gasteiger charge is 2.18. The molecule has 2 aromatic heterocycles. The van der Waals surface area contributed by atoms with E-state index < -0.39 is 0 Å². The van der Waals surface area contributed by atoms with Crippen molar-refractivity contribution in [3.63, 3.8) is 0 Å². The van der Waals surface area contributed by atoms with Crippen molar-refractivity contribution in [2.24, 2.45) is 0 Å². The Morgan fingerprint density at radius 3 is 2.49 bits per heavy atom. The fourth-order valence-corrected chi connectivity index (χ4v) is 4.34. The molecule has 8 nitrogen and oxygen atoms in total. The summed E-state index contributed by atoms with van der Waals surface area (Å²) in [6, 6.07) is 20.9. The van der Waals surface area contributed by atoms with Crippen molar-refractivity contribution in [3.8, 4) is 22.6 Å². The number of aliphatic hydroxyl groups excluding tert-OH is 1. The Morgan fingerprint density at radius 1 is 0.946 bits per heavy atom. The third-order valence-electron chi connectivity index (χ3n) is 6.34. The van der Waals surface area contributed by atoms with Crippen molar-refractivity contribution in [2.45, 2.75) is 13.2 Å². The van der Waals surface area contributed by atoms with Crippen LogP contribution in [0.1, 0.15) is 21.5 Å². The van der Waals surface area contributed by atoms with Crippen LogP contribution in [-0.2, 0) is 17.9 Å². The number of aromatic nitrogens is 3. The number of rotatable bonds is 7. The van der Waals surface area contributed by atoms with E-state index >= 15 is 0 Å². The molecule has 0 saturated carbocycles. The van der Waals surface area contributed by atoms with Gasteiger partial charge in [0.2, 0.25) is 0 Å². The van der Waals surface area contributed by atoms with E-state index in [1.807, 2.05) is 66.7 Å². The van der Waals surface area contributed by atoms with Gasteiger partial charge in [-0.25, -0.2) is 9.97 Å². The van der Waals surface area contributed by atoms with Gasteiger partial charge in [0.25, 0.3) is 5.91 Å². The first-order chi connectivity index (χ1) is 18.1. The van der Waals surface area contributed by atoms with Crippen molar-refractivity contribution in [3.05, 3.63) is 95.8 Å². The van der Waals surface area contributed by atoms with E-state index in [9.17, 15) is 9.90 Å². The molecule has 37 heavy (non-hydrogen) atoms. The molecule has 4 aromatic rings. The highest BCUT2D eigenvalue weighted by Crippen LogP contribution is 2.28. The van der Waals surface area contributed by atoms with Gasteiger partial charge >= 0.3 is 0 Å². The lowest BCUT2D eigenvalue weighted by Crippen LogP contribution is -2.36. The van der Waals surface area contributed by atoms with Crippen molar-refractivity contribution in [1.82, 2.24) is 19.9 Å². The lowest BCUT2D eigenvalue weighted by molar-refractivity contribution is 0.0785. The summed E-state index contributed by atoms with van der Waals surface area (Å²) in [5.74, 6) is 1.31. The van der Waals surface area contributed by atoms with Gasteiger partial charge in [-0.2, -0.15) is 0 Å². The number of amides is 1. The largest absolute Gasteiger partial charge is 0.392 e. The van der Waals surface area contributed by atoms with Crippen molar-refractivity contribution >= 4 is 11.7 Å². The molecule has 1 N–H and O–H groups in total. The van der Waals surface area contributed by atoms with Crippen LogP contribution in [0.15, 0.2) is 79.1 Å². The highest BCUT2D eigenvalue weighted by atomic mass is 16.5. The lowest BCUT2D eigenvalue weighted by Gasteiger charge is -2.28. The van der Waals surface area contributed by atoms with Gasteiger partial charge in [0, 0.05) is 61.8 Å². The van der Waals surface area contributed by atoms with Gasteiger partial charge in [-0.05, 0) is 41.5 Å². The second kappa shape index (κ2) is 11.3. The van der Waals surface area contributed by atoms with Crippen molar-refractivity contribution in [1.29, 1.82) is 0 Å². The summed E-state index contributed by atoms with van der Waals surface area (Å²) in [6.45, 7) is 3.20. The normalized spacial score (nSPS) is 13.4. The summed E-state index contributed by atoms with van der Waals surface area (Å²) in [4.78, 5) is 30.9. The smallest absolute Gasteiger partial charge is 0.253 e. The Labute approximate surface area is 216 Å². The summed E-state index contributed by atoms with van der Waals surface area (Å²) >= 11 is 0. The zero-order valence-corrected chi connectivity index (χ0v) is 20.7. The molecule has 1 amide bonds. The first-order valence-corrected chi connectivity index (χ1v) is 12.3. The van der Waals surface area contributed by atoms with Gasteiger partial charge < -0.3 is 19.6 Å². The van der Waals surface area contributed by atoms with Gasteiger partial charge in [0.05, 0.1) is 25.5 Å². The summed E-state index contributed by atoms with van der Waals surface area (Å²) in [5, 5.41) is 9.62. The first kappa shape index (κ1) is 24.5. The molecule has 1 fully saturated rings. The molecule has 0 unspecified atom stereocenters. The number of benzene rings is 2. The van der Waals surface area contributed by atoms with Crippen LogP contribution in [0.4, 0.5) is 5.82 Å². The number of carbonyl (C=O) groups excluding carboxylic acids is 1. The maximum Gasteiger partial charge on any atom is 0.253 e. The lowest BCUT2D eigenvalue weighted by atomic mass is 10.1. The van der Waals surface area contributed by atoms with Crippen LogP contribution >= 0.6 is 0 Å². The van der Waals surface area contributed by atoms with E-state index in [0.29, 0.717) is 31.1 Å². The Morgan fingerprint density at radius 2 is 1.70 bits per heavy atom. The van der Waals surface area contributed by atoms with Crippen LogP contribution in [-0.4, -0.2) is 64.2 Å². The Bertz CT molecular complexity index is 1370. The minimum absolute atomic E-state index is 0.0545. The highest BCUT2D eigenvalue weighted by molar-refractivity contribution is 5.95. The maximum absolute atomic E-state index is 13.2. The van der Waals surface area contributed by atoms with E-state index in [1.54, 1.807) is 24.3 Å². The summed E-state index contributed by atoms with van der Waals surface area (Å²) in [7, 11) is 1.79. The molecule has 0 bridgehead atoms. The molecule has 0 radical (unpaired) electrons. The Balaban J connectivity index is 1.50. The number of morpholine rings is 1. The quantitative estimate of drug-likeness (QED) is 0.417. The maximum atomic E-state index is 13.2. The van der Waals surface area contributed by atoms with E-state index in [4.69, 9.17) is 14.7 Å². The molecule has 3 heterocycles. The zero-order chi connectivity index (χ0) is 25.6. The number of nitrogens with zero attached hydrogens (tertiary/aromatic N) is 5. The number of hydrogen-bond donors (Lipinski definition) is 1. The molecular weight excluding hydrogens is 466 g/mol. The van der Waals surface area contributed by atoms with Crippen LogP contribution in [0, 0.1) is 0 Å². The molecule has 5 rings (SSSR count). The molecule has 188 valence electrons. The number of ether oxygens (including phenoxy) is 1. The predicted octanol–water partition coefficient (Wildman–Crippen LogP) is 3.81. The van der Waals surface area contributed by atoms with Gasteiger partial charge in [0.1, 0.15) is 5.82 Å². The summed E-state index contributed by atoms with van der Waals surface area (Å²) in [5.41, 5.74) is 4.79. The number of pyridine rings is 1. The van der Waals surface area contributed by atoms with Gasteiger partial charge in [-0.15, -0.1) is 0 Å². The number of aliphatic hydroxyl groups is 1. The van der Waals surface area contributed by atoms with E-state index in [1.165, 1.54) is 0 Å². The topological polar surface area (TPSA) is 91.7 Å². The summed E-state index contributed by atoms with van der Waals surface area (Å²) in [6.07, 6.45) is 3.45. The van der Waals surface area contributed by atoms with Crippen LogP contribution in [0.25, 0.3) is 22.6 Å². The minimum atomic E-state index is -0.0722. The van der Waals surface area contributed by atoms with Crippen molar-refractivity contribution < 1.29 is 14.6 Å². The SMILES string of the molecule is CN(Cc1ccncc1)C(=O)c1cccc(-c2cc(N3CCOCC3)nc(-c3cccc(CO)c3)n2)c1. The van der Waals surface area contributed by atoms with E-state index in [-0.39, 0.29) is 12.5 Å². The monoisotopic (exact) mass is 495 g/mol. The standard InChI is InChI=1S/C29H29N5O3/c1-33(19-21-8-10-30-11-9-21)29(36)25-7-3-5-23(17-25)26-18-27(34-12-14-37-15-13-34)32-28(31-26)24-6-2-4-22(16-24)20-35/h2-11,16-18,35H,12-15,19-20H2,1H3. The Kier molecular flexibility index (Phi) is 7.49. The average Bonchev–Trinajstić information content (AvgIpc) is 2.97. The number of carbonyl (C=O) groups is 1. The molecular formula is C29H29N5O3. The number of hydrogen-bond acceptors (Lipinski definition) is 7. The molecule has 0 atom stereocenters. The molecule has 0 spiro atoms. The average molecular weight is 496 g/mol. The van der Waals surface area contributed by atoms with E-state index in [2.05, 4.69) is 9.88 Å². The number of anilines is 1. The van der Waals surface area contributed by atoms with Crippen LogP contribution in [0.5, 0.6) is 0 Å². The van der Waals surface area contributed by atoms with Gasteiger partial charge in [-0.3, -0.25) is 9.78 Å². The second-order valence-corrected chi connectivity index (χ2v) is 8.99. The second-order valence-electron chi connectivity index (χ2n) is 8.99. The zero-order valence-electron chi connectivity index (χ0n) is 20.7. The third kappa shape index (κ3) is 5.82. The third-order valence-corrected chi connectivity index (χ3v) is 6.34. The van der Waals surface area contributed by atoms with Crippen LogP contribution in [0.2, 0.25) is 0 Å². The van der Waals surface area contributed by atoms with Crippen molar-refractivity contribution in [2.75, 3.05) is 38.3 Å².